The fourth-order valence-electron chi connectivity index (χ4n) is 5.14. The van der Waals surface area contributed by atoms with Gasteiger partial charge in [0.15, 0.2) is 0 Å². The molecule has 1 unspecified atom stereocenters. The molecule has 0 aliphatic carbocycles. The molecule has 0 saturated carbocycles. The summed E-state index contributed by atoms with van der Waals surface area (Å²) in [4.78, 5) is 35.3. The second kappa shape index (κ2) is 9.97. The van der Waals surface area contributed by atoms with Gasteiger partial charge in [0.1, 0.15) is 12.4 Å². The molecule has 0 N–H and O–H groups in total. The number of amides is 2. The maximum atomic E-state index is 13.7. The smallest absolute Gasteiger partial charge is 0.247 e. The molecule has 6 heteroatoms. The predicted octanol–water partition coefficient (Wildman–Crippen LogP) is 5.56. The summed E-state index contributed by atoms with van der Waals surface area (Å²) in [6.07, 6.45) is 1.34. The predicted molar refractivity (Wildman–Crippen MR) is 144 cm³/mol. The molecule has 0 radical (unpaired) electrons. The fourth-order valence-corrected chi connectivity index (χ4v) is 5.14. The van der Waals surface area contributed by atoms with E-state index in [0.29, 0.717) is 13.0 Å². The van der Waals surface area contributed by atoms with E-state index in [2.05, 4.69) is 19.1 Å². The van der Waals surface area contributed by atoms with Crippen LogP contribution in [0.15, 0.2) is 78.9 Å². The summed E-state index contributed by atoms with van der Waals surface area (Å²) < 4.78 is 2.01. The van der Waals surface area contributed by atoms with Crippen LogP contribution in [-0.2, 0) is 22.6 Å². The van der Waals surface area contributed by atoms with Crippen LogP contribution < -0.4 is 9.80 Å². The van der Waals surface area contributed by atoms with Gasteiger partial charge in [0, 0.05) is 36.3 Å². The number of benzene rings is 3. The Morgan fingerprint density at radius 1 is 1.00 bits per heavy atom. The highest BCUT2D eigenvalue weighted by molar-refractivity contribution is 5.97. The molecule has 3 aromatic carbocycles. The minimum atomic E-state index is -0.0900. The number of nitrogens with zero attached hydrogens (tertiary/aromatic N) is 4. The van der Waals surface area contributed by atoms with Gasteiger partial charge in [0.2, 0.25) is 11.8 Å². The van der Waals surface area contributed by atoms with Crippen LogP contribution in [0.5, 0.6) is 0 Å². The van der Waals surface area contributed by atoms with Crippen LogP contribution in [0.4, 0.5) is 11.4 Å². The van der Waals surface area contributed by atoms with Crippen molar-refractivity contribution in [1.29, 1.82) is 0 Å². The number of aromatic nitrogens is 2. The first-order valence-corrected chi connectivity index (χ1v) is 12.7. The summed E-state index contributed by atoms with van der Waals surface area (Å²) in [5.74, 6) is 0.786. The van der Waals surface area contributed by atoms with Crippen molar-refractivity contribution in [3.63, 3.8) is 0 Å². The number of carbonyl (C=O) groups excluding carboxylic acids is 2. The number of carbonyl (C=O) groups is 2. The Kier molecular flexibility index (Phi) is 6.59. The lowest BCUT2D eigenvalue weighted by molar-refractivity contribution is -0.119. The quantitative estimate of drug-likeness (QED) is 0.348. The van der Waals surface area contributed by atoms with Crippen LogP contribution in [0.2, 0.25) is 0 Å². The van der Waals surface area contributed by atoms with Crippen molar-refractivity contribution in [3.05, 3.63) is 90.3 Å². The number of aryl methyl sites for hydroxylation is 1. The van der Waals surface area contributed by atoms with Crippen molar-refractivity contribution in [2.45, 2.75) is 52.1 Å². The van der Waals surface area contributed by atoms with Crippen LogP contribution in [0.3, 0.4) is 0 Å². The molecule has 4 aromatic rings. The van der Waals surface area contributed by atoms with Crippen LogP contribution in [-0.4, -0.2) is 34.0 Å². The lowest BCUT2D eigenvalue weighted by Gasteiger charge is -2.27. The van der Waals surface area contributed by atoms with E-state index in [1.54, 1.807) is 0 Å². The highest BCUT2D eigenvalue weighted by Gasteiger charge is 2.35. The Morgan fingerprint density at radius 3 is 2.39 bits per heavy atom. The van der Waals surface area contributed by atoms with Gasteiger partial charge in [-0.3, -0.25) is 9.59 Å². The van der Waals surface area contributed by atoms with Gasteiger partial charge in [-0.2, -0.15) is 0 Å². The molecule has 184 valence electrons. The maximum absolute atomic E-state index is 13.7. The molecule has 5 rings (SSSR count). The van der Waals surface area contributed by atoms with Crippen molar-refractivity contribution in [2.24, 2.45) is 0 Å². The summed E-state index contributed by atoms with van der Waals surface area (Å²) >= 11 is 0. The summed E-state index contributed by atoms with van der Waals surface area (Å²) in [5.41, 5.74) is 4.79. The van der Waals surface area contributed by atoms with Gasteiger partial charge in [-0.25, -0.2) is 4.98 Å². The number of anilines is 2. The van der Waals surface area contributed by atoms with E-state index in [-0.39, 0.29) is 30.3 Å². The third-order valence-corrected chi connectivity index (χ3v) is 6.94. The first kappa shape index (κ1) is 23.8. The lowest BCUT2D eigenvalue weighted by Crippen LogP contribution is -2.39. The second-order valence-electron chi connectivity index (χ2n) is 9.66. The highest BCUT2D eigenvalue weighted by Crippen LogP contribution is 2.33. The molecule has 0 spiro atoms. The Hall–Kier alpha value is -3.93. The van der Waals surface area contributed by atoms with Crippen LogP contribution >= 0.6 is 0 Å². The van der Waals surface area contributed by atoms with Crippen molar-refractivity contribution < 1.29 is 9.59 Å². The molecule has 0 bridgehead atoms. The van der Waals surface area contributed by atoms with Crippen LogP contribution in [0.1, 0.15) is 44.5 Å². The van der Waals surface area contributed by atoms with E-state index in [1.165, 1.54) is 5.56 Å². The van der Waals surface area contributed by atoms with Gasteiger partial charge in [-0.05, 0) is 62.2 Å². The van der Waals surface area contributed by atoms with E-state index >= 15 is 0 Å². The zero-order valence-corrected chi connectivity index (χ0v) is 21.1. The number of hydrogen-bond acceptors (Lipinski definition) is 3. The molecule has 2 amide bonds. The summed E-state index contributed by atoms with van der Waals surface area (Å²) in [7, 11) is 0. The number of hydrogen-bond donors (Lipinski definition) is 0. The number of para-hydroxylation sites is 3. The Balaban J connectivity index is 1.47. The Bertz CT molecular complexity index is 1380. The average Bonchev–Trinajstić information content (AvgIpc) is 3.45. The minimum absolute atomic E-state index is 0.00284. The van der Waals surface area contributed by atoms with Gasteiger partial charge in [-0.15, -0.1) is 0 Å². The largest absolute Gasteiger partial charge is 0.318 e. The van der Waals surface area contributed by atoms with Gasteiger partial charge in [0.05, 0.1) is 11.0 Å². The van der Waals surface area contributed by atoms with E-state index in [4.69, 9.17) is 4.98 Å². The van der Waals surface area contributed by atoms with Gasteiger partial charge < -0.3 is 14.4 Å². The summed E-state index contributed by atoms with van der Waals surface area (Å²) in [6.45, 7) is 6.88. The monoisotopic (exact) mass is 480 g/mol. The molecule has 1 aromatic heterocycles. The van der Waals surface area contributed by atoms with E-state index < -0.39 is 0 Å². The zero-order chi connectivity index (χ0) is 25.2. The molecule has 1 fully saturated rings. The maximum Gasteiger partial charge on any atom is 0.247 e. The minimum Gasteiger partial charge on any atom is -0.318 e. The van der Waals surface area contributed by atoms with Gasteiger partial charge in [0.25, 0.3) is 0 Å². The van der Waals surface area contributed by atoms with Crippen molar-refractivity contribution in [1.82, 2.24) is 9.55 Å². The topological polar surface area (TPSA) is 58.4 Å². The SMILES string of the molecule is CCc1ccc(N2CC(c3nc4ccccc4n3CC(=O)N(c3ccccc3)C(C)C)CC2=O)cc1. The standard InChI is InChI=1S/C30H32N4O2/c1-4-22-14-16-24(17-15-22)32-19-23(18-28(32)35)30-31-26-12-8-9-13-27(26)33(30)20-29(36)34(21(2)3)25-10-6-5-7-11-25/h5-17,21,23H,4,18-20H2,1-3H3. The number of fused-ring (bicyclic) bond motifs is 1. The summed E-state index contributed by atoms with van der Waals surface area (Å²) in [6, 6.07) is 25.9. The molecule has 1 saturated heterocycles. The molecular formula is C30H32N4O2. The van der Waals surface area contributed by atoms with Crippen LogP contribution in [0.25, 0.3) is 11.0 Å². The van der Waals surface area contributed by atoms with Gasteiger partial charge in [-0.1, -0.05) is 49.4 Å². The molecule has 2 heterocycles. The van der Waals surface area contributed by atoms with Crippen LogP contribution in [0, 0.1) is 0 Å². The fraction of sp³-hybridized carbons (Fsp3) is 0.300. The first-order valence-electron chi connectivity index (χ1n) is 12.7. The number of rotatable bonds is 7. The zero-order valence-electron chi connectivity index (χ0n) is 21.1. The third-order valence-electron chi connectivity index (χ3n) is 6.94. The molecule has 36 heavy (non-hydrogen) atoms. The third kappa shape index (κ3) is 4.51. The Labute approximate surface area is 212 Å². The normalized spacial score (nSPS) is 15.7. The van der Waals surface area contributed by atoms with E-state index in [1.807, 2.05) is 94.9 Å². The highest BCUT2D eigenvalue weighted by atomic mass is 16.2. The van der Waals surface area contributed by atoms with E-state index in [0.717, 1.165) is 34.7 Å². The lowest BCUT2D eigenvalue weighted by atomic mass is 10.1. The van der Waals surface area contributed by atoms with E-state index in [9.17, 15) is 9.59 Å². The Morgan fingerprint density at radius 2 is 1.69 bits per heavy atom. The molecule has 1 atom stereocenters. The molecular weight excluding hydrogens is 448 g/mol. The van der Waals surface area contributed by atoms with Crippen molar-refractivity contribution in [3.8, 4) is 0 Å². The van der Waals surface area contributed by atoms with Crippen molar-refractivity contribution in [2.75, 3.05) is 16.3 Å². The van der Waals surface area contributed by atoms with Crippen molar-refractivity contribution >= 4 is 34.2 Å². The summed E-state index contributed by atoms with van der Waals surface area (Å²) in [5, 5.41) is 0. The molecule has 1 aliphatic rings. The van der Waals surface area contributed by atoms with Gasteiger partial charge >= 0.3 is 0 Å². The molecule has 6 nitrogen and oxygen atoms in total. The average molecular weight is 481 g/mol. The second-order valence-corrected chi connectivity index (χ2v) is 9.66. The number of imidazole rings is 1. The first-order chi connectivity index (χ1) is 17.5. The molecule has 1 aliphatic heterocycles.